The normalized spacial score (nSPS) is 11.8. The summed E-state index contributed by atoms with van der Waals surface area (Å²) in [5.41, 5.74) is 6.17. The maximum absolute atomic E-state index is 12.3. The summed E-state index contributed by atoms with van der Waals surface area (Å²) in [6.07, 6.45) is 0.600. The quantitative estimate of drug-likeness (QED) is 0.718. The number of halogens is 1. The largest absolute Gasteiger partial charge is 0.380 e. The third-order valence-electron chi connectivity index (χ3n) is 3.31. The van der Waals surface area contributed by atoms with Crippen LogP contribution in [0.25, 0.3) is 0 Å². The minimum Gasteiger partial charge on any atom is -0.380 e. The number of nitrogens with one attached hydrogen (secondary N) is 1. The Morgan fingerprint density at radius 2 is 2.00 bits per heavy atom. The van der Waals surface area contributed by atoms with Gasteiger partial charge in [-0.3, -0.25) is 9.59 Å². The fourth-order valence-electron chi connectivity index (χ4n) is 2.06. The second-order valence-corrected chi connectivity index (χ2v) is 5.60. The molecule has 1 aromatic carbocycles. The van der Waals surface area contributed by atoms with Crippen LogP contribution in [0, 0.1) is 0 Å². The lowest BCUT2D eigenvalue weighted by atomic mass is 10.2. The molecule has 3 N–H and O–H groups in total. The number of amides is 2. The molecule has 6 nitrogen and oxygen atoms in total. The highest BCUT2D eigenvalue weighted by Crippen LogP contribution is 2.13. The van der Waals surface area contributed by atoms with Crippen molar-refractivity contribution in [3.8, 4) is 0 Å². The van der Waals surface area contributed by atoms with Crippen LogP contribution in [-0.2, 0) is 14.3 Å². The van der Waals surface area contributed by atoms with Crippen LogP contribution in [0.2, 0.25) is 5.02 Å². The van der Waals surface area contributed by atoms with E-state index in [0.29, 0.717) is 17.3 Å². The maximum atomic E-state index is 12.3. The van der Waals surface area contributed by atoms with E-state index >= 15 is 0 Å². The zero-order chi connectivity index (χ0) is 17.2. The first-order valence-electron chi connectivity index (χ1n) is 7.56. The van der Waals surface area contributed by atoms with E-state index in [-0.39, 0.29) is 37.4 Å². The van der Waals surface area contributed by atoms with E-state index < -0.39 is 0 Å². The van der Waals surface area contributed by atoms with Gasteiger partial charge in [-0.05, 0) is 30.7 Å². The van der Waals surface area contributed by atoms with Crippen molar-refractivity contribution in [2.24, 2.45) is 5.73 Å². The maximum Gasteiger partial charge on any atom is 0.243 e. The summed E-state index contributed by atoms with van der Waals surface area (Å²) in [5, 5.41) is 3.34. The van der Waals surface area contributed by atoms with Crippen LogP contribution >= 0.6 is 11.6 Å². The molecule has 0 aliphatic rings. The summed E-state index contributed by atoms with van der Waals surface area (Å²) in [6, 6.07) is 6.80. The van der Waals surface area contributed by atoms with Gasteiger partial charge in [0.05, 0.1) is 19.1 Å². The second kappa shape index (κ2) is 10.2. The fraction of sp³-hybridized carbons (Fsp3) is 0.500. The van der Waals surface area contributed by atoms with E-state index in [0.717, 1.165) is 6.42 Å². The summed E-state index contributed by atoms with van der Waals surface area (Å²) >= 11 is 5.80. The van der Waals surface area contributed by atoms with Gasteiger partial charge in [0.2, 0.25) is 11.8 Å². The predicted molar refractivity (Wildman–Crippen MR) is 91.4 cm³/mol. The van der Waals surface area contributed by atoms with E-state index in [2.05, 4.69) is 5.32 Å². The Morgan fingerprint density at radius 3 is 2.52 bits per heavy atom. The van der Waals surface area contributed by atoms with Crippen molar-refractivity contribution >= 4 is 29.1 Å². The van der Waals surface area contributed by atoms with Gasteiger partial charge in [-0.1, -0.05) is 18.5 Å². The number of rotatable bonds is 9. The smallest absolute Gasteiger partial charge is 0.243 e. The molecule has 1 atom stereocenters. The highest BCUT2D eigenvalue weighted by atomic mass is 35.5. The lowest BCUT2D eigenvalue weighted by Gasteiger charge is -2.23. The molecule has 0 aliphatic heterocycles. The molecule has 128 valence electrons. The van der Waals surface area contributed by atoms with Gasteiger partial charge in [-0.25, -0.2) is 0 Å². The molecule has 0 heterocycles. The van der Waals surface area contributed by atoms with E-state index in [1.165, 1.54) is 12.0 Å². The van der Waals surface area contributed by atoms with E-state index in [1.807, 2.05) is 6.92 Å². The number of hydrogen-bond acceptors (Lipinski definition) is 4. The number of hydrogen-bond donors (Lipinski definition) is 2. The third-order valence-corrected chi connectivity index (χ3v) is 3.56. The lowest BCUT2D eigenvalue weighted by molar-refractivity contribution is -0.136. The molecule has 0 radical (unpaired) electrons. The predicted octanol–water partition coefficient (Wildman–Crippen LogP) is 1.88. The number of nitrogens with two attached hydrogens (primary N) is 1. The number of anilines is 1. The van der Waals surface area contributed by atoms with Crippen LogP contribution in [-0.4, -0.2) is 49.6 Å². The number of ether oxygens (including phenoxy) is 1. The summed E-state index contributed by atoms with van der Waals surface area (Å²) in [5.74, 6) is -0.397. The van der Waals surface area contributed by atoms with Gasteiger partial charge < -0.3 is 20.7 Å². The first-order chi connectivity index (χ1) is 11.0. The molecule has 0 aromatic heterocycles. The molecule has 2 amide bonds. The first-order valence-corrected chi connectivity index (χ1v) is 7.94. The fourth-order valence-corrected chi connectivity index (χ4v) is 2.18. The Kier molecular flexibility index (Phi) is 8.61. The number of methoxy groups -OCH3 is 1. The zero-order valence-electron chi connectivity index (χ0n) is 13.5. The van der Waals surface area contributed by atoms with Crippen LogP contribution in [0.3, 0.4) is 0 Å². The number of carbonyl (C=O) groups is 2. The second-order valence-electron chi connectivity index (χ2n) is 5.17. The molecule has 1 aromatic rings. The van der Waals surface area contributed by atoms with E-state index in [1.54, 1.807) is 24.3 Å². The van der Waals surface area contributed by atoms with Gasteiger partial charge in [0, 0.05) is 30.9 Å². The van der Waals surface area contributed by atoms with Gasteiger partial charge in [0.25, 0.3) is 0 Å². The summed E-state index contributed by atoms with van der Waals surface area (Å²) in [7, 11) is 1.52. The van der Waals surface area contributed by atoms with Crippen molar-refractivity contribution < 1.29 is 14.3 Å². The molecular weight excluding hydrogens is 318 g/mol. The van der Waals surface area contributed by atoms with Gasteiger partial charge in [0.1, 0.15) is 0 Å². The van der Waals surface area contributed by atoms with Gasteiger partial charge >= 0.3 is 0 Å². The van der Waals surface area contributed by atoms with Crippen molar-refractivity contribution in [1.29, 1.82) is 0 Å². The molecule has 1 rings (SSSR count). The highest BCUT2D eigenvalue weighted by molar-refractivity contribution is 6.30. The van der Waals surface area contributed by atoms with Crippen molar-refractivity contribution in [3.63, 3.8) is 0 Å². The molecule has 0 spiro atoms. The van der Waals surface area contributed by atoms with Gasteiger partial charge in [-0.15, -0.1) is 0 Å². The standard InChI is InChI=1S/C16H24ClN3O3/c1-3-8-20(16(22)9-14(10-18)23-2)11-15(21)19-13-6-4-12(17)5-7-13/h4-7,14H,3,8-11,18H2,1-2H3,(H,19,21). The summed E-state index contributed by atoms with van der Waals surface area (Å²) < 4.78 is 5.12. The molecule has 0 bridgehead atoms. The average Bonchev–Trinajstić information content (AvgIpc) is 2.54. The van der Waals surface area contributed by atoms with Crippen molar-refractivity contribution in [1.82, 2.24) is 4.90 Å². The Labute approximate surface area is 141 Å². The SMILES string of the molecule is CCCN(CC(=O)Nc1ccc(Cl)cc1)C(=O)CC(CN)OC. The molecule has 0 aliphatic carbocycles. The molecule has 7 heteroatoms. The Balaban J connectivity index is 2.61. The van der Waals surface area contributed by atoms with E-state index in [4.69, 9.17) is 22.1 Å². The molecule has 0 saturated carbocycles. The summed E-state index contributed by atoms with van der Waals surface area (Å²) in [6.45, 7) is 2.72. The Hall–Kier alpha value is -1.63. The minimum atomic E-state index is -0.332. The van der Waals surface area contributed by atoms with Crippen molar-refractivity contribution in [2.45, 2.75) is 25.9 Å². The lowest BCUT2D eigenvalue weighted by Crippen LogP contribution is -2.41. The van der Waals surface area contributed by atoms with Crippen LogP contribution in [0.15, 0.2) is 24.3 Å². The zero-order valence-corrected chi connectivity index (χ0v) is 14.3. The number of benzene rings is 1. The van der Waals surface area contributed by atoms with Crippen LogP contribution in [0.5, 0.6) is 0 Å². The first kappa shape index (κ1) is 19.4. The van der Waals surface area contributed by atoms with Crippen molar-refractivity contribution in [3.05, 3.63) is 29.3 Å². The number of carbonyl (C=O) groups excluding carboxylic acids is 2. The Bertz CT molecular complexity index is 504. The summed E-state index contributed by atoms with van der Waals surface area (Å²) in [4.78, 5) is 25.9. The Morgan fingerprint density at radius 1 is 1.35 bits per heavy atom. The molecule has 1 unspecified atom stereocenters. The monoisotopic (exact) mass is 341 g/mol. The van der Waals surface area contributed by atoms with E-state index in [9.17, 15) is 9.59 Å². The molecular formula is C16H24ClN3O3. The van der Waals surface area contributed by atoms with Crippen LogP contribution in [0.1, 0.15) is 19.8 Å². The molecule has 23 heavy (non-hydrogen) atoms. The van der Waals surface area contributed by atoms with Crippen LogP contribution < -0.4 is 11.1 Å². The van der Waals surface area contributed by atoms with Gasteiger partial charge in [0.15, 0.2) is 0 Å². The van der Waals surface area contributed by atoms with Gasteiger partial charge in [-0.2, -0.15) is 0 Å². The van der Waals surface area contributed by atoms with Crippen LogP contribution in [0.4, 0.5) is 5.69 Å². The van der Waals surface area contributed by atoms with Crippen molar-refractivity contribution in [2.75, 3.05) is 32.1 Å². The third kappa shape index (κ3) is 6.99. The highest BCUT2D eigenvalue weighted by Gasteiger charge is 2.20. The number of nitrogens with zero attached hydrogens (tertiary/aromatic N) is 1. The minimum absolute atomic E-state index is 0.00367. The molecule has 0 fully saturated rings. The average molecular weight is 342 g/mol. The molecule has 0 saturated heterocycles. The topological polar surface area (TPSA) is 84.7 Å².